The zero-order valence-electron chi connectivity index (χ0n) is 18.4. The number of anilines is 1. The van der Waals surface area contributed by atoms with E-state index in [1.54, 1.807) is 24.0 Å². The predicted octanol–water partition coefficient (Wildman–Crippen LogP) is 1.28. The monoisotopic (exact) mass is 482 g/mol. The van der Waals surface area contributed by atoms with Crippen LogP contribution in [0, 0.1) is 13.8 Å². The second-order valence-electron chi connectivity index (χ2n) is 8.24. The smallest absolute Gasteiger partial charge is 0.249 e. The Kier molecular flexibility index (Phi) is 5.68. The first-order valence-corrected chi connectivity index (χ1v) is 13.2. The van der Waals surface area contributed by atoms with Crippen LogP contribution in [0.25, 0.3) is 0 Å². The van der Waals surface area contributed by atoms with Gasteiger partial charge in [-0.25, -0.2) is 21.1 Å². The van der Waals surface area contributed by atoms with Crippen molar-refractivity contribution in [3.63, 3.8) is 0 Å². The molecule has 32 heavy (non-hydrogen) atoms. The third-order valence-corrected chi connectivity index (χ3v) is 9.98. The fourth-order valence-electron chi connectivity index (χ4n) is 4.39. The highest BCUT2D eigenvalue weighted by atomic mass is 32.2. The Labute approximate surface area is 187 Å². The summed E-state index contributed by atoms with van der Waals surface area (Å²) >= 11 is 0. The molecule has 10 nitrogen and oxygen atoms in total. The van der Waals surface area contributed by atoms with E-state index in [1.807, 2.05) is 0 Å². The van der Waals surface area contributed by atoms with Crippen LogP contribution in [0.1, 0.15) is 29.9 Å². The van der Waals surface area contributed by atoms with Crippen molar-refractivity contribution < 1.29 is 26.2 Å². The van der Waals surface area contributed by atoms with Gasteiger partial charge < -0.3 is 9.42 Å². The van der Waals surface area contributed by atoms with Crippen molar-refractivity contribution >= 4 is 31.6 Å². The van der Waals surface area contributed by atoms with E-state index < -0.39 is 26.1 Å². The lowest BCUT2D eigenvalue weighted by atomic mass is 10.1. The van der Waals surface area contributed by atoms with E-state index in [9.17, 15) is 21.6 Å². The maximum Gasteiger partial charge on any atom is 0.249 e. The van der Waals surface area contributed by atoms with Crippen LogP contribution < -0.4 is 4.90 Å². The molecule has 174 valence electrons. The Hall–Kier alpha value is -2.28. The van der Waals surface area contributed by atoms with Crippen LogP contribution in [0.2, 0.25) is 0 Å². The van der Waals surface area contributed by atoms with Crippen LogP contribution in [0.15, 0.2) is 32.5 Å². The number of hydrogen-bond donors (Lipinski definition) is 0. The van der Waals surface area contributed by atoms with Gasteiger partial charge in [0.05, 0.1) is 4.90 Å². The molecule has 0 bridgehead atoms. The Morgan fingerprint density at radius 1 is 1.16 bits per heavy atom. The summed E-state index contributed by atoms with van der Waals surface area (Å²) in [6.45, 7) is 3.71. The summed E-state index contributed by atoms with van der Waals surface area (Å²) in [6.07, 6.45) is 1.49. The van der Waals surface area contributed by atoms with Crippen molar-refractivity contribution in [1.82, 2.24) is 13.8 Å². The van der Waals surface area contributed by atoms with E-state index in [2.05, 4.69) is 5.16 Å². The summed E-state index contributed by atoms with van der Waals surface area (Å²) in [5.41, 5.74) is 1.63. The Bertz CT molecular complexity index is 1260. The molecule has 1 saturated heterocycles. The third-order valence-electron chi connectivity index (χ3n) is 6.01. The van der Waals surface area contributed by atoms with Crippen molar-refractivity contribution in [3.8, 4) is 0 Å². The van der Waals surface area contributed by atoms with Crippen LogP contribution >= 0.6 is 0 Å². The van der Waals surface area contributed by atoms with E-state index in [-0.39, 0.29) is 33.7 Å². The van der Waals surface area contributed by atoms with Gasteiger partial charge in [0.25, 0.3) is 0 Å². The van der Waals surface area contributed by atoms with Gasteiger partial charge in [-0.15, -0.1) is 0 Å². The first kappa shape index (κ1) is 22.9. The average Bonchev–Trinajstić information content (AvgIpc) is 3.45. The zero-order chi connectivity index (χ0) is 23.4. The average molecular weight is 483 g/mol. The van der Waals surface area contributed by atoms with Gasteiger partial charge in [0.2, 0.25) is 26.0 Å². The molecule has 1 fully saturated rings. The van der Waals surface area contributed by atoms with Gasteiger partial charge in [0.1, 0.15) is 16.6 Å². The molecule has 1 aromatic carbocycles. The number of rotatable bonds is 5. The van der Waals surface area contributed by atoms with Gasteiger partial charge in [0, 0.05) is 32.9 Å². The molecule has 2 aliphatic rings. The highest BCUT2D eigenvalue weighted by Gasteiger charge is 2.44. The van der Waals surface area contributed by atoms with Crippen molar-refractivity contribution in [3.05, 3.63) is 35.2 Å². The number of hydrogen-bond acceptors (Lipinski definition) is 7. The van der Waals surface area contributed by atoms with Gasteiger partial charge in [0.15, 0.2) is 5.76 Å². The molecule has 4 rings (SSSR count). The van der Waals surface area contributed by atoms with Crippen molar-refractivity contribution in [1.29, 1.82) is 0 Å². The first-order chi connectivity index (χ1) is 15.0. The van der Waals surface area contributed by atoms with Gasteiger partial charge in [-0.2, -0.15) is 4.31 Å². The number of nitrogens with zero attached hydrogens (tertiary/aromatic N) is 4. The SMILES string of the molecule is Cc1noc(C)c1S(=O)(=O)N1CCC[C@@H]1C(=O)N1CCc2cc(S(=O)(=O)N(C)C)ccc21. The van der Waals surface area contributed by atoms with E-state index in [0.29, 0.717) is 31.5 Å². The lowest BCUT2D eigenvalue weighted by Gasteiger charge is -2.27. The number of aryl methyl sites for hydroxylation is 2. The van der Waals surface area contributed by atoms with E-state index in [0.717, 1.165) is 9.87 Å². The minimum absolute atomic E-state index is 0.0116. The highest BCUT2D eigenvalue weighted by molar-refractivity contribution is 7.89. The van der Waals surface area contributed by atoms with Crippen molar-refractivity contribution in [2.45, 2.75) is 48.9 Å². The predicted molar refractivity (Wildman–Crippen MR) is 116 cm³/mol. The fraction of sp³-hybridized carbons (Fsp3) is 0.500. The van der Waals surface area contributed by atoms with Gasteiger partial charge >= 0.3 is 0 Å². The Morgan fingerprint density at radius 3 is 2.50 bits per heavy atom. The van der Waals surface area contributed by atoms with Gasteiger partial charge in [-0.3, -0.25) is 4.79 Å². The summed E-state index contributed by atoms with van der Waals surface area (Å²) in [7, 11) is -4.60. The standard InChI is InChI=1S/C20H26N4O6S2/c1-13-19(14(2)30-21-13)32(28,29)24-10-5-6-18(24)20(25)23-11-9-15-12-16(7-8-17(15)23)31(26,27)22(3)4/h7-8,12,18H,5-6,9-11H2,1-4H3/t18-/m1/s1. The molecule has 2 aliphatic heterocycles. The molecule has 0 N–H and O–H groups in total. The molecule has 2 aromatic rings. The molecule has 1 atom stereocenters. The molecular formula is C20H26N4O6S2. The van der Waals surface area contributed by atoms with Gasteiger partial charge in [-0.1, -0.05) is 5.16 Å². The molecule has 1 aromatic heterocycles. The summed E-state index contributed by atoms with van der Waals surface area (Å²) < 4.78 is 58.9. The number of carbonyl (C=O) groups is 1. The molecule has 12 heteroatoms. The first-order valence-electron chi connectivity index (χ1n) is 10.3. The largest absolute Gasteiger partial charge is 0.360 e. The second kappa shape index (κ2) is 7.94. The minimum atomic E-state index is -3.95. The van der Waals surface area contributed by atoms with Crippen LogP contribution in [0.5, 0.6) is 0 Å². The van der Waals surface area contributed by atoms with E-state index >= 15 is 0 Å². The highest BCUT2D eigenvalue weighted by Crippen LogP contribution is 2.35. The van der Waals surface area contributed by atoms with Crippen LogP contribution in [-0.4, -0.2) is 69.7 Å². The molecule has 0 aliphatic carbocycles. The number of benzene rings is 1. The number of fused-ring (bicyclic) bond motifs is 1. The van der Waals surface area contributed by atoms with Crippen molar-refractivity contribution in [2.24, 2.45) is 0 Å². The summed E-state index contributed by atoms with van der Waals surface area (Å²) in [4.78, 5) is 15.2. The van der Waals surface area contributed by atoms with Crippen LogP contribution in [0.4, 0.5) is 5.69 Å². The number of amides is 1. The molecular weight excluding hydrogens is 456 g/mol. The van der Waals surface area contributed by atoms with Crippen molar-refractivity contribution in [2.75, 3.05) is 32.1 Å². The minimum Gasteiger partial charge on any atom is -0.360 e. The number of sulfonamides is 2. The Balaban J connectivity index is 1.64. The number of aromatic nitrogens is 1. The maximum atomic E-state index is 13.5. The van der Waals surface area contributed by atoms with Gasteiger partial charge in [-0.05, 0) is 56.9 Å². The molecule has 0 radical (unpaired) electrons. The molecule has 0 saturated carbocycles. The summed E-state index contributed by atoms with van der Waals surface area (Å²) in [5, 5.41) is 3.74. The summed E-state index contributed by atoms with van der Waals surface area (Å²) in [6, 6.07) is 3.86. The lowest BCUT2D eigenvalue weighted by Crippen LogP contribution is -2.47. The fourth-order valence-corrected chi connectivity index (χ4v) is 7.29. The molecule has 0 unspecified atom stereocenters. The van der Waals surface area contributed by atoms with E-state index in [4.69, 9.17) is 4.52 Å². The Morgan fingerprint density at radius 2 is 1.88 bits per heavy atom. The second-order valence-corrected chi connectivity index (χ2v) is 12.2. The zero-order valence-corrected chi connectivity index (χ0v) is 20.0. The summed E-state index contributed by atoms with van der Waals surface area (Å²) in [5.74, 6) is -0.110. The maximum absolute atomic E-state index is 13.5. The normalized spacial score (nSPS) is 19.7. The topological polar surface area (TPSA) is 121 Å². The molecule has 0 spiro atoms. The third kappa shape index (κ3) is 3.54. The van der Waals surface area contributed by atoms with Crippen LogP contribution in [-0.2, 0) is 31.3 Å². The molecule has 1 amide bonds. The number of carbonyl (C=O) groups excluding carboxylic acids is 1. The van der Waals surface area contributed by atoms with E-state index in [1.165, 1.54) is 31.4 Å². The lowest BCUT2D eigenvalue weighted by molar-refractivity contribution is -0.121. The molecule has 3 heterocycles. The quantitative estimate of drug-likeness (QED) is 0.629. The van der Waals surface area contributed by atoms with Crippen LogP contribution in [0.3, 0.4) is 0 Å².